The molecule has 186 valence electrons. The number of pyridine rings is 1. The maximum atomic E-state index is 12.5. The van der Waals surface area contributed by atoms with Crippen molar-refractivity contribution in [1.82, 2.24) is 10.5 Å². The molecule has 1 atom stereocenters. The minimum atomic E-state index is -0.401. The summed E-state index contributed by atoms with van der Waals surface area (Å²) in [6.45, 7) is 0.639. The number of rotatable bonds is 8. The molecule has 0 spiro atoms. The number of hydrogen-bond donors (Lipinski definition) is 3. The summed E-state index contributed by atoms with van der Waals surface area (Å²) in [4.78, 5) is 34.2. The minimum Gasteiger partial charge on any atom is -0.350 e. The molecule has 2 aliphatic rings. The Bertz CT molecular complexity index is 1050. The summed E-state index contributed by atoms with van der Waals surface area (Å²) in [5.41, 5.74) is 4.52. The number of anilines is 3. The highest BCUT2D eigenvalue weighted by atomic mass is 35.5. The fourth-order valence-electron chi connectivity index (χ4n) is 4.19. The molecule has 0 radical (unpaired) electrons. The van der Waals surface area contributed by atoms with Crippen LogP contribution in [0.5, 0.6) is 0 Å². The largest absolute Gasteiger partial charge is 0.350 e. The van der Waals surface area contributed by atoms with E-state index in [9.17, 15) is 9.59 Å². The molecule has 2 fully saturated rings. The van der Waals surface area contributed by atoms with Gasteiger partial charge in [-0.2, -0.15) is 0 Å². The Morgan fingerprint density at radius 3 is 2.63 bits per heavy atom. The Kier molecular flexibility index (Phi) is 9.11. The highest BCUT2D eigenvalue weighted by molar-refractivity contribution is 6.33. The van der Waals surface area contributed by atoms with Crippen LogP contribution in [0.4, 0.5) is 17.2 Å². The van der Waals surface area contributed by atoms with Crippen molar-refractivity contribution in [3.8, 4) is 0 Å². The predicted molar refractivity (Wildman–Crippen MR) is 136 cm³/mol. The summed E-state index contributed by atoms with van der Waals surface area (Å²) in [6.07, 6.45) is 12.3. The summed E-state index contributed by atoms with van der Waals surface area (Å²) in [5, 5.41) is 6.60. The normalized spacial score (nSPS) is 18.8. The highest BCUT2D eigenvalue weighted by Crippen LogP contribution is 2.28. The minimum absolute atomic E-state index is 0.0786. The average molecular weight is 499 g/mol. The van der Waals surface area contributed by atoms with E-state index in [0.717, 1.165) is 56.3 Å². The first-order valence-electron chi connectivity index (χ1n) is 12.2. The van der Waals surface area contributed by atoms with Gasteiger partial charge in [-0.25, -0.2) is 15.3 Å². The smallest absolute Gasteiger partial charge is 0.267 e. The lowest BCUT2D eigenvalue weighted by Gasteiger charge is -2.21. The Balaban J connectivity index is 1.30. The Hall–Kier alpha value is -2.94. The number of amides is 2. The van der Waals surface area contributed by atoms with Crippen LogP contribution in [0.2, 0.25) is 5.02 Å². The summed E-state index contributed by atoms with van der Waals surface area (Å²) >= 11 is 6.41. The maximum Gasteiger partial charge on any atom is 0.267 e. The molecule has 1 saturated carbocycles. The summed E-state index contributed by atoms with van der Waals surface area (Å²) < 4.78 is 5.41. The molecule has 2 aromatic rings. The van der Waals surface area contributed by atoms with E-state index in [0.29, 0.717) is 23.0 Å². The van der Waals surface area contributed by atoms with Crippen LogP contribution >= 0.6 is 11.6 Å². The Morgan fingerprint density at radius 1 is 1.06 bits per heavy atom. The Morgan fingerprint density at radius 2 is 1.86 bits per heavy atom. The first kappa shape index (κ1) is 25.2. The van der Waals surface area contributed by atoms with Gasteiger partial charge >= 0.3 is 0 Å². The first-order chi connectivity index (χ1) is 17.1. The molecule has 9 heteroatoms. The predicted octanol–water partition coefficient (Wildman–Crippen LogP) is 5.59. The van der Waals surface area contributed by atoms with Gasteiger partial charge in [0.2, 0.25) is 5.91 Å². The van der Waals surface area contributed by atoms with Gasteiger partial charge in [0.15, 0.2) is 6.29 Å². The van der Waals surface area contributed by atoms with Crippen molar-refractivity contribution in [2.75, 3.05) is 17.2 Å². The van der Waals surface area contributed by atoms with E-state index >= 15 is 0 Å². The SMILES string of the molecule is O=C(C=Cc1cnc(Nc2cccc(NC(=O)C3CCCCC3)c2)c(Cl)c1)NOC1CCCCO1. The van der Waals surface area contributed by atoms with Crippen molar-refractivity contribution in [1.29, 1.82) is 0 Å². The van der Waals surface area contributed by atoms with Gasteiger partial charge < -0.3 is 15.4 Å². The topological polar surface area (TPSA) is 102 Å². The number of nitrogens with zero attached hydrogens (tertiary/aromatic N) is 1. The van der Waals surface area contributed by atoms with Crippen molar-refractivity contribution in [2.45, 2.75) is 57.7 Å². The zero-order valence-corrected chi connectivity index (χ0v) is 20.4. The van der Waals surface area contributed by atoms with Crippen molar-refractivity contribution < 1.29 is 19.2 Å². The molecule has 1 unspecified atom stereocenters. The second-order valence-corrected chi connectivity index (χ2v) is 9.25. The average Bonchev–Trinajstić information content (AvgIpc) is 2.89. The fourth-order valence-corrected chi connectivity index (χ4v) is 4.41. The molecule has 4 rings (SSSR count). The summed E-state index contributed by atoms with van der Waals surface area (Å²) in [6, 6.07) is 9.17. The zero-order valence-electron chi connectivity index (χ0n) is 19.6. The summed E-state index contributed by atoms with van der Waals surface area (Å²) in [5.74, 6) is 0.243. The van der Waals surface area contributed by atoms with E-state index in [1.807, 2.05) is 24.3 Å². The molecule has 35 heavy (non-hydrogen) atoms. The van der Waals surface area contributed by atoms with E-state index in [2.05, 4.69) is 21.1 Å². The van der Waals surface area contributed by atoms with Crippen molar-refractivity contribution >= 4 is 46.7 Å². The number of hydrogen-bond acceptors (Lipinski definition) is 6. The van der Waals surface area contributed by atoms with E-state index in [4.69, 9.17) is 21.2 Å². The molecule has 2 amide bonds. The quantitative estimate of drug-likeness (QED) is 0.324. The molecule has 1 saturated heterocycles. The van der Waals surface area contributed by atoms with Crippen molar-refractivity contribution in [2.24, 2.45) is 5.92 Å². The molecule has 1 aromatic heterocycles. The van der Waals surface area contributed by atoms with Gasteiger partial charge in [-0.3, -0.25) is 9.59 Å². The van der Waals surface area contributed by atoms with Gasteiger partial charge in [-0.15, -0.1) is 0 Å². The lowest BCUT2D eigenvalue weighted by atomic mass is 9.88. The Labute approximate surface area is 210 Å². The number of benzene rings is 1. The zero-order chi connectivity index (χ0) is 24.5. The molecular weight excluding hydrogens is 468 g/mol. The van der Waals surface area contributed by atoms with E-state index in [1.165, 1.54) is 12.5 Å². The number of halogens is 1. The molecule has 8 nitrogen and oxygen atoms in total. The first-order valence-corrected chi connectivity index (χ1v) is 12.5. The third kappa shape index (κ3) is 7.78. The van der Waals surface area contributed by atoms with E-state index in [1.54, 1.807) is 18.3 Å². The van der Waals surface area contributed by atoms with Crippen LogP contribution in [0.3, 0.4) is 0 Å². The molecular formula is C26H31ClN4O4. The molecule has 2 heterocycles. The van der Waals surface area contributed by atoms with E-state index in [-0.39, 0.29) is 11.8 Å². The van der Waals surface area contributed by atoms with Crippen LogP contribution < -0.4 is 16.1 Å². The molecule has 1 aliphatic carbocycles. The second-order valence-electron chi connectivity index (χ2n) is 8.84. The summed E-state index contributed by atoms with van der Waals surface area (Å²) in [7, 11) is 0. The van der Waals surface area contributed by atoms with Gasteiger partial charge in [0, 0.05) is 42.6 Å². The lowest BCUT2D eigenvalue weighted by Crippen LogP contribution is -2.32. The maximum absolute atomic E-state index is 12.5. The van der Waals surface area contributed by atoms with Crippen LogP contribution in [0.1, 0.15) is 56.9 Å². The molecule has 3 N–H and O–H groups in total. The number of hydroxylamine groups is 1. The van der Waals surface area contributed by atoms with Crippen molar-refractivity contribution in [3.05, 3.63) is 53.2 Å². The third-order valence-corrected chi connectivity index (χ3v) is 6.38. The van der Waals surface area contributed by atoms with E-state index < -0.39 is 12.2 Å². The third-order valence-electron chi connectivity index (χ3n) is 6.09. The van der Waals surface area contributed by atoms with Gasteiger partial charge in [0.25, 0.3) is 5.91 Å². The number of carbonyl (C=O) groups is 2. The molecule has 0 bridgehead atoms. The standard InChI is InChI=1S/C26H31ClN4O4/c27-22-15-18(12-13-23(32)31-35-24-11-4-5-14-34-24)17-28-25(22)29-20-9-6-10-21(16-20)30-26(33)19-7-2-1-3-8-19/h6,9-10,12-13,15-17,19,24H,1-5,7-8,11,14H2,(H,28,29)(H,30,33)(H,31,32). The van der Waals surface area contributed by atoms with Gasteiger partial charge in [-0.05, 0) is 61.6 Å². The molecule has 1 aromatic carbocycles. The van der Waals surface area contributed by atoms with Crippen LogP contribution in [-0.4, -0.2) is 29.7 Å². The van der Waals surface area contributed by atoms with Crippen LogP contribution in [0.15, 0.2) is 42.6 Å². The van der Waals surface area contributed by atoms with Gasteiger partial charge in [0.1, 0.15) is 5.82 Å². The van der Waals surface area contributed by atoms with Crippen LogP contribution in [-0.2, 0) is 19.2 Å². The van der Waals surface area contributed by atoms with Crippen LogP contribution in [0, 0.1) is 5.92 Å². The number of nitrogens with one attached hydrogen (secondary N) is 3. The van der Waals surface area contributed by atoms with Crippen molar-refractivity contribution in [3.63, 3.8) is 0 Å². The van der Waals surface area contributed by atoms with Gasteiger partial charge in [0.05, 0.1) is 5.02 Å². The number of carbonyl (C=O) groups excluding carboxylic acids is 2. The van der Waals surface area contributed by atoms with Crippen LogP contribution in [0.25, 0.3) is 6.08 Å². The van der Waals surface area contributed by atoms with Gasteiger partial charge in [-0.1, -0.05) is 36.9 Å². The lowest BCUT2D eigenvalue weighted by molar-refractivity contribution is -0.198. The number of aromatic nitrogens is 1. The monoisotopic (exact) mass is 498 g/mol. The number of ether oxygens (including phenoxy) is 1. The fraction of sp³-hybridized carbons (Fsp3) is 0.423. The molecule has 1 aliphatic heterocycles. The highest BCUT2D eigenvalue weighted by Gasteiger charge is 2.21. The second kappa shape index (κ2) is 12.7.